The molecular formula is C9H16N2O. The first-order valence-corrected chi connectivity index (χ1v) is 4.33. The molecule has 0 saturated heterocycles. The van der Waals surface area contributed by atoms with Gasteiger partial charge in [0.15, 0.2) is 0 Å². The summed E-state index contributed by atoms with van der Waals surface area (Å²) in [5.74, 6) is 0.300. The minimum atomic E-state index is 0.0405. The highest BCUT2D eigenvalue weighted by Gasteiger charge is 2.08. The summed E-state index contributed by atoms with van der Waals surface area (Å²) in [6, 6.07) is 0.324. The quantitative estimate of drug-likeness (QED) is 0.719. The van der Waals surface area contributed by atoms with Crippen LogP contribution in [0.4, 0.5) is 0 Å². The molecule has 0 atom stereocenters. The van der Waals surface area contributed by atoms with E-state index in [0.29, 0.717) is 12.0 Å². The molecule has 0 bridgehead atoms. The summed E-state index contributed by atoms with van der Waals surface area (Å²) in [4.78, 5) is 11.3. The Morgan fingerprint density at radius 2 is 1.92 bits per heavy atom. The monoisotopic (exact) mass is 168 g/mol. The van der Waals surface area contributed by atoms with Gasteiger partial charge in [-0.05, 0) is 19.8 Å². The van der Waals surface area contributed by atoms with E-state index >= 15 is 0 Å². The second-order valence-corrected chi connectivity index (χ2v) is 3.68. The zero-order chi connectivity index (χ0) is 9.30. The fourth-order valence-corrected chi connectivity index (χ4v) is 1.11. The Labute approximate surface area is 72.4 Å². The van der Waals surface area contributed by atoms with Crippen LogP contribution in [0.1, 0.15) is 45.2 Å². The number of aromatic nitrogens is 2. The maximum absolute atomic E-state index is 11.3. The highest BCUT2D eigenvalue weighted by Crippen LogP contribution is 2.10. The van der Waals surface area contributed by atoms with Gasteiger partial charge in [-0.1, -0.05) is 13.8 Å². The van der Waals surface area contributed by atoms with Crippen LogP contribution in [0.5, 0.6) is 0 Å². The molecule has 12 heavy (non-hydrogen) atoms. The smallest absolute Gasteiger partial charge is 0.267 e. The summed E-state index contributed by atoms with van der Waals surface area (Å²) < 4.78 is 1.84. The Hall–Kier alpha value is -0.990. The Kier molecular flexibility index (Phi) is 2.40. The molecule has 0 aliphatic heterocycles. The molecule has 1 rings (SSSR count). The highest BCUT2D eigenvalue weighted by atomic mass is 16.1. The van der Waals surface area contributed by atoms with Gasteiger partial charge in [-0.15, -0.1) is 0 Å². The predicted octanol–water partition coefficient (Wildman–Crippen LogP) is 1.88. The van der Waals surface area contributed by atoms with Crippen molar-refractivity contribution in [1.82, 2.24) is 9.78 Å². The van der Waals surface area contributed by atoms with Crippen LogP contribution in [0.15, 0.2) is 11.0 Å². The Balaban J connectivity index is 3.09. The SMILES string of the molecule is CC(C)c1cn(C(C)C)[nH]c1=O. The van der Waals surface area contributed by atoms with E-state index < -0.39 is 0 Å². The number of aromatic amines is 1. The van der Waals surface area contributed by atoms with Crippen molar-refractivity contribution in [3.63, 3.8) is 0 Å². The summed E-state index contributed by atoms with van der Waals surface area (Å²) >= 11 is 0. The highest BCUT2D eigenvalue weighted by molar-refractivity contribution is 5.09. The zero-order valence-electron chi connectivity index (χ0n) is 8.09. The normalized spacial score (nSPS) is 11.5. The lowest BCUT2D eigenvalue weighted by atomic mass is 10.1. The lowest BCUT2D eigenvalue weighted by Crippen LogP contribution is -2.09. The second-order valence-electron chi connectivity index (χ2n) is 3.68. The Morgan fingerprint density at radius 1 is 1.33 bits per heavy atom. The average molecular weight is 168 g/mol. The van der Waals surface area contributed by atoms with E-state index in [0.717, 1.165) is 5.56 Å². The molecule has 1 heterocycles. The van der Waals surface area contributed by atoms with Gasteiger partial charge < -0.3 is 0 Å². The van der Waals surface area contributed by atoms with E-state index in [1.165, 1.54) is 0 Å². The predicted molar refractivity (Wildman–Crippen MR) is 49.5 cm³/mol. The Bertz CT molecular complexity index is 307. The zero-order valence-corrected chi connectivity index (χ0v) is 8.09. The topological polar surface area (TPSA) is 37.8 Å². The van der Waals surface area contributed by atoms with E-state index in [-0.39, 0.29) is 5.56 Å². The van der Waals surface area contributed by atoms with Crippen molar-refractivity contribution in [2.45, 2.75) is 39.7 Å². The molecule has 3 heteroatoms. The van der Waals surface area contributed by atoms with Crippen LogP contribution in [0.2, 0.25) is 0 Å². The van der Waals surface area contributed by atoms with Crippen LogP contribution in [-0.4, -0.2) is 9.78 Å². The van der Waals surface area contributed by atoms with Crippen molar-refractivity contribution in [2.24, 2.45) is 0 Å². The van der Waals surface area contributed by atoms with Crippen LogP contribution < -0.4 is 5.56 Å². The van der Waals surface area contributed by atoms with Crippen molar-refractivity contribution < 1.29 is 0 Å². The van der Waals surface area contributed by atoms with Crippen LogP contribution in [0, 0.1) is 0 Å². The maximum Gasteiger partial charge on any atom is 0.267 e. The Morgan fingerprint density at radius 3 is 2.17 bits per heavy atom. The van der Waals surface area contributed by atoms with Gasteiger partial charge in [-0.2, -0.15) is 0 Å². The van der Waals surface area contributed by atoms with E-state index in [1.807, 2.05) is 38.6 Å². The minimum absolute atomic E-state index is 0.0405. The van der Waals surface area contributed by atoms with Gasteiger partial charge in [0.25, 0.3) is 5.56 Å². The number of H-pyrrole nitrogens is 1. The fourth-order valence-electron chi connectivity index (χ4n) is 1.11. The number of nitrogens with zero attached hydrogens (tertiary/aromatic N) is 1. The third-order valence-electron chi connectivity index (χ3n) is 1.95. The molecule has 1 N–H and O–H groups in total. The number of nitrogens with one attached hydrogen (secondary N) is 1. The van der Waals surface area contributed by atoms with Gasteiger partial charge >= 0.3 is 0 Å². The maximum atomic E-state index is 11.3. The molecule has 0 spiro atoms. The summed E-state index contributed by atoms with van der Waals surface area (Å²) in [7, 11) is 0. The third-order valence-corrected chi connectivity index (χ3v) is 1.95. The molecule has 0 saturated carbocycles. The minimum Gasteiger partial charge on any atom is -0.290 e. The van der Waals surface area contributed by atoms with Gasteiger partial charge in [0.2, 0.25) is 0 Å². The number of rotatable bonds is 2. The molecule has 0 radical (unpaired) electrons. The van der Waals surface area contributed by atoms with Crippen molar-refractivity contribution >= 4 is 0 Å². The molecule has 1 aromatic rings. The molecule has 0 amide bonds. The van der Waals surface area contributed by atoms with Crippen LogP contribution in [0.3, 0.4) is 0 Å². The first-order valence-electron chi connectivity index (χ1n) is 4.33. The van der Waals surface area contributed by atoms with Crippen LogP contribution >= 0.6 is 0 Å². The summed E-state index contributed by atoms with van der Waals surface area (Å²) in [6.45, 7) is 8.13. The first kappa shape index (κ1) is 9.10. The first-order chi connectivity index (χ1) is 5.52. The van der Waals surface area contributed by atoms with Gasteiger partial charge in [0, 0.05) is 17.8 Å². The number of hydrogen-bond acceptors (Lipinski definition) is 1. The number of hydrogen-bond donors (Lipinski definition) is 1. The van der Waals surface area contributed by atoms with Gasteiger partial charge in [0.1, 0.15) is 0 Å². The largest absolute Gasteiger partial charge is 0.290 e. The molecule has 0 aliphatic carbocycles. The lowest BCUT2D eigenvalue weighted by molar-refractivity contribution is 0.528. The fraction of sp³-hybridized carbons (Fsp3) is 0.667. The van der Waals surface area contributed by atoms with Crippen LogP contribution in [0.25, 0.3) is 0 Å². The van der Waals surface area contributed by atoms with Gasteiger partial charge in [0.05, 0.1) is 0 Å². The molecule has 0 unspecified atom stereocenters. The van der Waals surface area contributed by atoms with E-state index in [2.05, 4.69) is 5.10 Å². The molecule has 1 aromatic heterocycles. The standard InChI is InChI=1S/C9H16N2O/c1-6(2)8-5-11(7(3)4)10-9(8)12/h5-7H,1-4H3,(H,10,12). The molecule has 0 aliphatic rings. The van der Waals surface area contributed by atoms with Crippen molar-refractivity contribution in [3.05, 3.63) is 22.1 Å². The van der Waals surface area contributed by atoms with Crippen molar-refractivity contribution in [1.29, 1.82) is 0 Å². The van der Waals surface area contributed by atoms with Gasteiger partial charge in [-0.25, -0.2) is 0 Å². The molecule has 68 valence electrons. The van der Waals surface area contributed by atoms with E-state index in [9.17, 15) is 4.79 Å². The van der Waals surface area contributed by atoms with Crippen molar-refractivity contribution in [3.8, 4) is 0 Å². The summed E-state index contributed by atoms with van der Waals surface area (Å²) in [5, 5.41) is 2.79. The lowest BCUT2D eigenvalue weighted by Gasteiger charge is -2.04. The van der Waals surface area contributed by atoms with Crippen LogP contribution in [-0.2, 0) is 0 Å². The summed E-state index contributed by atoms with van der Waals surface area (Å²) in [5.41, 5.74) is 0.905. The second kappa shape index (κ2) is 3.17. The van der Waals surface area contributed by atoms with Gasteiger partial charge in [-0.3, -0.25) is 14.6 Å². The third kappa shape index (κ3) is 1.60. The van der Waals surface area contributed by atoms with Crippen molar-refractivity contribution in [2.75, 3.05) is 0 Å². The average Bonchev–Trinajstić information content (AvgIpc) is 2.30. The summed E-state index contributed by atoms with van der Waals surface area (Å²) in [6.07, 6.45) is 1.90. The molecule has 0 fully saturated rings. The molecular weight excluding hydrogens is 152 g/mol. The molecule has 0 aromatic carbocycles. The van der Waals surface area contributed by atoms with E-state index in [4.69, 9.17) is 0 Å². The molecule has 3 nitrogen and oxygen atoms in total. The van der Waals surface area contributed by atoms with E-state index in [1.54, 1.807) is 0 Å².